The van der Waals surface area contributed by atoms with Gasteiger partial charge in [-0.3, -0.25) is 0 Å². The van der Waals surface area contributed by atoms with Crippen molar-refractivity contribution in [3.8, 4) is 11.5 Å². The lowest BCUT2D eigenvalue weighted by molar-refractivity contribution is 0.334. The van der Waals surface area contributed by atoms with E-state index in [9.17, 15) is 0 Å². The molecule has 1 heterocycles. The summed E-state index contributed by atoms with van der Waals surface area (Å²) in [4.78, 5) is 2.65. The number of hydrogen-bond acceptors (Lipinski definition) is 3. The van der Waals surface area contributed by atoms with Crippen molar-refractivity contribution in [2.24, 2.45) is 0 Å². The molecule has 0 N–H and O–H groups in total. The van der Waals surface area contributed by atoms with E-state index in [0.717, 1.165) is 23.8 Å². The van der Waals surface area contributed by atoms with Gasteiger partial charge in [0.15, 0.2) is 0 Å². The Morgan fingerprint density at radius 2 is 0.708 bits per heavy atom. The lowest BCUT2D eigenvalue weighted by Crippen LogP contribution is -2.31. The third-order valence-corrected chi connectivity index (χ3v) is 22.9. The van der Waals surface area contributed by atoms with Crippen molar-refractivity contribution in [1.29, 1.82) is 0 Å². The van der Waals surface area contributed by atoms with Crippen LogP contribution in [0.4, 0.5) is 0 Å². The fourth-order valence-corrected chi connectivity index (χ4v) is 20.1. The van der Waals surface area contributed by atoms with Crippen LogP contribution in [0.1, 0.15) is 6.42 Å². The van der Waals surface area contributed by atoms with E-state index in [1.165, 1.54) is 61.6 Å². The van der Waals surface area contributed by atoms with Gasteiger partial charge in [-0.05, 0) is 108 Å². The smallest absolute Gasteiger partial charge is 0.126 e. The summed E-state index contributed by atoms with van der Waals surface area (Å²) >= 11 is 0. The van der Waals surface area contributed by atoms with Gasteiger partial charge in [-0.15, -0.1) is 0 Å². The van der Waals surface area contributed by atoms with Crippen LogP contribution in [-0.4, -0.2) is 62.9 Å². The number of hydrogen-bond donors (Lipinski definition) is 0. The Morgan fingerprint density at radius 3 is 1.06 bits per heavy atom. The quantitative estimate of drug-likeness (QED) is 0.0902. The first-order valence-corrected chi connectivity index (χ1v) is 28.5. The first kappa shape index (κ1) is 46.6. The van der Waals surface area contributed by atoms with E-state index in [2.05, 4.69) is 230 Å². The van der Waals surface area contributed by atoms with Crippen LogP contribution in [0, 0.1) is 0 Å². The highest BCUT2D eigenvalue weighted by atomic mass is 31.1. The number of benzene rings is 8. The molecule has 1 saturated heterocycles. The summed E-state index contributed by atoms with van der Waals surface area (Å²) in [5.41, 5.74) is 0.684. The van der Waals surface area contributed by atoms with Gasteiger partial charge in [-0.2, -0.15) is 0 Å². The third kappa shape index (κ3) is 12.1. The molecule has 0 bridgehead atoms. The molecule has 8 aromatic carbocycles. The minimum Gasteiger partial charge on any atom is -0.496 e. The maximum atomic E-state index is 5.76. The molecule has 0 amide bonds. The number of methoxy groups -OCH3 is 2. The van der Waals surface area contributed by atoms with Crippen LogP contribution in [0.3, 0.4) is 0 Å². The van der Waals surface area contributed by atoms with Crippen molar-refractivity contribution in [2.45, 2.75) is 18.1 Å². The number of nitrogens with zero attached hydrogens (tertiary/aromatic N) is 1. The van der Waals surface area contributed by atoms with Crippen molar-refractivity contribution < 1.29 is 9.47 Å². The van der Waals surface area contributed by atoms with E-state index in [4.69, 9.17) is 9.47 Å². The van der Waals surface area contributed by atoms with Crippen LogP contribution in [0.25, 0.3) is 0 Å². The highest BCUT2D eigenvalue weighted by molar-refractivity contribution is 7.77. The fourth-order valence-electron chi connectivity index (χ4n) is 8.88. The Kier molecular flexibility index (Phi) is 17.2. The number of para-hydroxylation sites is 2. The molecule has 0 radical (unpaired) electrons. The summed E-state index contributed by atoms with van der Waals surface area (Å²) in [6.45, 7) is 1.17. The van der Waals surface area contributed by atoms with E-state index in [0.29, 0.717) is 11.7 Å². The van der Waals surface area contributed by atoms with Crippen molar-refractivity contribution in [3.05, 3.63) is 231 Å². The summed E-state index contributed by atoms with van der Waals surface area (Å²) < 4.78 is 11.5. The van der Waals surface area contributed by atoms with E-state index in [1.54, 1.807) is 14.2 Å². The summed E-state index contributed by atoms with van der Waals surface area (Å²) in [6, 6.07) is 84.1. The highest BCUT2D eigenvalue weighted by Crippen LogP contribution is 2.48. The summed E-state index contributed by atoms with van der Waals surface area (Å²) in [7, 11) is 4.03. The van der Waals surface area contributed by atoms with Crippen molar-refractivity contribution in [2.75, 3.05) is 46.3 Å². The molecule has 65 heavy (non-hydrogen) atoms. The highest BCUT2D eigenvalue weighted by Gasteiger charge is 2.37. The van der Waals surface area contributed by atoms with Gasteiger partial charge in [-0.1, -0.05) is 218 Å². The maximum absolute atomic E-state index is 5.76. The second-order valence-electron chi connectivity index (χ2n) is 16.1. The van der Waals surface area contributed by atoms with Gasteiger partial charge in [0, 0.05) is 28.9 Å². The van der Waals surface area contributed by atoms with E-state index < -0.39 is 15.8 Å². The van der Waals surface area contributed by atoms with Crippen LogP contribution in [0.2, 0.25) is 0 Å². The zero-order valence-corrected chi connectivity index (χ0v) is 41.3. The zero-order chi connectivity index (χ0) is 44.6. The molecule has 328 valence electrons. The minimum atomic E-state index is -0.554. The molecule has 2 unspecified atom stereocenters. The van der Waals surface area contributed by atoms with Gasteiger partial charge in [-0.25, -0.2) is 0 Å². The topological polar surface area (TPSA) is 21.7 Å². The molecule has 1 aliphatic heterocycles. The first-order chi connectivity index (χ1) is 32.1. The molecule has 1 aliphatic rings. The molecule has 8 aromatic rings. The van der Waals surface area contributed by atoms with Gasteiger partial charge in [0.1, 0.15) is 11.5 Å². The van der Waals surface area contributed by atoms with Crippen molar-refractivity contribution >= 4 is 74.1 Å². The fraction of sp³-hybridized carbons (Fsp3) is 0.172. The monoisotopic (exact) mass is 925 g/mol. The number of rotatable bonds is 16. The molecule has 0 aliphatic carbocycles. The Morgan fingerprint density at radius 1 is 0.400 bits per heavy atom. The minimum absolute atomic E-state index is 0.370. The van der Waals surface area contributed by atoms with Gasteiger partial charge in [0.05, 0.1) is 14.2 Å². The Labute approximate surface area is 392 Å². The predicted octanol–water partition coefficient (Wildman–Crippen LogP) is 10.6. The van der Waals surface area contributed by atoms with Gasteiger partial charge in [0.25, 0.3) is 0 Å². The number of likely N-dealkylation sites (tertiary alicyclic amines) is 1. The largest absolute Gasteiger partial charge is 0.496 e. The molecule has 7 heteroatoms. The average Bonchev–Trinajstić information content (AvgIpc) is 3.75. The normalized spacial score (nSPS) is 15.8. The summed E-state index contributed by atoms with van der Waals surface area (Å²) in [5, 5.41) is 11.4. The molecule has 9 rings (SSSR count). The lowest BCUT2D eigenvalue weighted by Gasteiger charge is -2.26. The molecule has 0 spiro atoms. The molecule has 3 nitrogen and oxygen atoms in total. The van der Waals surface area contributed by atoms with Crippen LogP contribution in [0.15, 0.2) is 231 Å². The summed E-state index contributed by atoms with van der Waals surface area (Å²) in [6.07, 6.45) is 4.66. The van der Waals surface area contributed by atoms with Crippen LogP contribution in [0.5, 0.6) is 11.5 Å². The van der Waals surface area contributed by atoms with Crippen LogP contribution >= 0.6 is 31.7 Å². The Hall–Kier alpha value is -4.96. The van der Waals surface area contributed by atoms with Crippen molar-refractivity contribution in [3.63, 3.8) is 0 Å². The van der Waals surface area contributed by atoms with Crippen molar-refractivity contribution in [1.82, 2.24) is 4.90 Å². The number of ether oxygens (including phenoxy) is 2. The standard InChI is InChI=1S/C30H31NP2.C28H28O2P2/c1-31-23-30(33(28-18-10-4-11-19-28)29-20-12-5-13-21-29)22-25(31)24-32(26-14-6-2-7-15-26)27-16-8-3-9-17-27;1-29-25-17-9-11-19-27(25)31(23-13-5-3-6-14-23)21-22-32(24-15-7-4-8-16-24)28-20-12-10-18-26(28)30-2/h2-21,25,30H,22-24H2,1H3;3-20H,21-22H2,1-2H3/t25-,30-;/m0./s1. The maximum Gasteiger partial charge on any atom is 0.126 e. The van der Waals surface area contributed by atoms with Gasteiger partial charge >= 0.3 is 0 Å². The Bertz CT molecular complexity index is 2440. The SMILES string of the molecule is CN1C[C@@H](P(c2ccccc2)c2ccccc2)C[C@H]1CP(c1ccccc1)c1ccccc1.COc1ccccc1P(CCP(c1ccccc1)c1ccccc1OC)c1ccccc1. The lowest BCUT2D eigenvalue weighted by atomic mass is 10.2. The first-order valence-electron chi connectivity index (χ1n) is 22.5. The molecule has 0 aromatic heterocycles. The molecular weight excluding hydrogens is 867 g/mol. The van der Waals surface area contributed by atoms with Crippen LogP contribution < -0.4 is 51.9 Å². The van der Waals surface area contributed by atoms with E-state index in [1.807, 2.05) is 12.1 Å². The zero-order valence-electron chi connectivity index (χ0n) is 37.7. The van der Waals surface area contributed by atoms with E-state index >= 15 is 0 Å². The average molecular weight is 926 g/mol. The second kappa shape index (κ2) is 24.0. The molecule has 4 atom stereocenters. The second-order valence-corrected chi connectivity index (χ2v) is 25.5. The molecule has 0 saturated carbocycles. The molecular formula is C58H59NO2P4. The van der Waals surface area contributed by atoms with Crippen LogP contribution in [-0.2, 0) is 0 Å². The molecule has 1 fully saturated rings. The summed E-state index contributed by atoms with van der Waals surface area (Å²) in [5.74, 6) is 1.95. The van der Waals surface area contributed by atoms with Gasteiger partial charge in [0.2, 0.25) is 0 Å². The van der Waals surface area contributed by atoms with E-state index in [-0.39, 0.29) is 15.8 Å². The third-order valence-electron chi connectivity index (χ3n) is 12.1. The predicted molar refractivity (Wildman–Crippen MR) is 289 cm³/mol. The Balaban J connectivity index is 0.000000177. The van der Waals surface area contributed by atoms with Gasteiger partial charge < -0.3 is 14.4 Å².